The van der Waals surface area contributed by atoms with Gasteiger partial charge in [-0.15, -0.1) is 11.6 Å². The molecule has 0 amide bonds. The van der Waals surface area contributed by atoms with Crippen LogP contribution in [-0.4, -0.2) is 0 Å². The standard InChI is InChI=1S/C17H17BrClF/c1-11(2)10-12-6-8-13(9-7-12)17(19)14-4-3-5-15(20)16(14)18/h3-9,11,17H,10H2,1-2H3. The summed E-state index contributed by atoms with van der Waals surface area (Å²) in [6.45, 7) is 4.39. The molecule has 2 aromatic carbocycles. The minimum atomic E-state index is -0.354. The lowest BCUT2D eigenvalue weighted by atomic mass is 9.99. The van der Waals surface area contributed by atoms with Gasteiger partial charge in [-0.25, -0.2) is 4.39 Å². The second-order valence-corrected chi connectivity index (χ2v) is 6.57. The molecule has 0 N–H and O–H groups in total. The van der Waals surface area contributed by atoms with Crippen LogP contribution in [0.2, 0.25) is 0 Å². The van der Waals surface area contributed by atoms with Crippen molar-refractivity contribution in [3.05, 3.63) is 69.4 Å². The molecule has 0 fully saturated rings. The molecule has 0 bridgehead atoms. The quantitative estimate of drug-likeness (QED) is 0.580. The van der Waals surface area contributed by atoms with E-state index in [1.165, 1.54) is 11.6 Å². The van der Waals surface area contributed by atoms with Crippen LogP contribution in [0.3, 0.4) is 0 Å². The molecule has 0 aliphatic carbocycles. The maximum atomic E-state index is 13.6. The van der Waals surface area contributed by atoms with E-state index in [4.69, 9.17) is 11.6 Å². The van der Waals surface area contributed by atoms with E-state index in [1.54, 1.807) is 6.07 Å². The molecule has 0 radical (unpaired) electrons. The summed E-state index contributed by atoms with van der Waals surface area (Å²) in [5.74, 6) is 0.342. The zero-order chi connectivity index (χ0) is 14.7. The molecule has 0 spiro atoms. The summed E-state index contributed by atoms with van der Waals surface area (Å²) in [5.41, 5.74) is 3.03. The monoisotopic (exact) mass is 354 g/mol. The van der Waals surface area contributed by atoms with E-state index < -0.39 is 0 Å². The van der Waals surface area contributed by atoms with Crippen molar-refractivity contribution in [3.63, 3.8) is 0 Å². The summed E-state index contributed by atoms with van der Waals surface area (Å²) >= 11 is 9.74. The molecule has 20 heavy (non-hydrogen) atoms. The highest BCUT2D eigenvalue weighted by molar-refractivity contribution is 9.10. The van der Waals surface area contributed by atoms with Crippen molar-refractivity contribution in [1.82, 2.24) is 0 Å². The number of alkyl halides is 1. The fourth-order valence-corrected chi connectivity index (χ4v) is 3.14. The Kier molecular flexibility index (Phi) is 5.22. The number of rotatable bonds is 4. The van der Waals surface area contributed by atoms with Gasteiger partial charge in [0.1, 0.15) is 5.82 Å². The van der Waals surface area contributed by atoms with Gasteiger partial charge in [0.2, 0.25) is 0 Å². The van der Waals surface area contributed by atoms with Gasteiger partial charge in [0.25, 0.3) is 0 Å². The fraction of sp³-hybridized carbons (Fsp3) is 0.294. The largest absolute Gasteiger partial charge is 0.206 e. The molecule has 106 valence electrons. The first-order chi connectivity index (χ1) is 9.49. The smallest absolute Gasteiger partial charge is 0.137 e. The van der Waals surface area contributed by atoms with E-state index in [9.17, 15) is 4.39 Å². The third kappa shape index (κ3) is 3.62. The van der Waals surface area contributed by atoms with Crippen molar-refractivity contribution < 1.29 is 4.39 Å². The third-order valence-electron chi connectivity index (χ3n) is 3.17. The Hall–Kier alpha value is -0.860. The average Bonchev–Trinajstić information content (AvgIpc) is 2.41. The molecule has 0 aliphatic heterocycles. The van der Waals surface area contributed by atoms with Gasteiger partial charge in [0, 0.05) is 0 Å². The van der Waals surface area contributed by atoms with Gasteiger partial charge in [-0.3, -0.25) is 0 Å². The van der Waals surface area contributed by atoms with E-state index >= 15 is 0 Å². The first-order valence-corrected chi connectivity index (χ1v) is 7.88. The predicted molar refractivity (Wildman–Crippen MR) is 86.8 cm³/mol. The lowest BCUT2D eigenvalue weighted by Gasteiger charge is -2.14. The summed E-state index contributed by atoms with van der Waals surface area (Å²) in [6, 6.07) is 13.2. The summed E-state index contributed by atoms with van der Waals surface area (Å²) < 4.78 is 14.0. The highest BCUT2D eigenvalue weighted by Crippen LogP contribution is 2.35. The summed E-state index contributed by atoms with van der Waals surface area (Å²) in [4.78, 5) is 0. The summed E-state index contributed by atoms with van der Waals surface area (Å²) in [6.07, 6.45) is 1.05. The van der Waals surface area contributed by atoms with Crippen LogP contribution >= 0.6 is 27.5 Å². The van der Waals surface area contributed by atoms with Crippen LogP contribution in [0, 0.1) is 11.7 Å². The molecule has 1 atom stereocenters. The van der Waals surface area contributed by atoms with Crippen molar-refractivity contribution in [2.45, 2.75) is 25.6 Å². The van der Waals surface area contributed by atoms with Gasteiger partial charge in [-0.1, -0.05) is 50.2 Å². The molecule has 0 saturated carbocycles. The zero-order valence-corrected chi connectivity index (χ0v) is 13.9. The third-order valence-corrected chi connectivity index (χ3v) is 4.49. The van der Waals surface area contributed by atoms with E-state index in [2.05, 4.69) is 41.9 Å². The maximum Gasteiger partial charge on any atom is 0.137 e. The zero-order valence-electron chi connectivity index (χ0n) is 11.5. The Morgan fingerprint density at radius 2 is 1.75 bits per heavy atom. The minimum Gasteiger partial charge on any atom is -0.206 e. The van der Waals surface area contributed by atoms with Crippen LogP contribution in [0.1, 0.15) is 35.9 Å². The Morgan fingerprint density at radius 3 is 2.35 bits per heavy atom. The molecular weight excluding hydrogens is 339 g/mol. The summed E-state index contributed by atoms with van der Waals surface area (Å²) in [7, 11) is 0. The van der Waals surface area contributed by atoms with Crippen LogP contribution in [0.15, 0.2) is 46.9 Å². The number of benzene rings is 2. The van der Waals surface area contributed by atoms with E-state index in [-0.39, 0.29) is 11.2 Å². The SMILES string of the molecule is CC(C)Cc1ccc(C(Cl)c2cccc(F)c2Br)cc1. The molecule has 2 rings (SSSR count). The highest BCUT2D eigenvalue weighted by Gasteiger charge is 2.16. The molecule has 3 heteroatoms. The van der Waals surface area contributed by atoms with Crippen LogP contribution in [0.25, 0.3) is 0 Å². The van der Waals surface area contributed by atoms with Gasteiger partial charge in [-0.05, 0) is 51.0 Å². The molecule has 0 nitrogen and oxygen atoms in total. The predicted octanol–water partition coefficient (Wildman–Crippen LogP) is 6.11. The normalized spacial score (nSPS) is 12.7. The first kappa shape index (κ1) is 15.5. The Bertz CT molecular complexity index is 578. The number of hydrogen-bond acceptors (Lipinski definition) is 0. The molecule has 0 saturated heterocycles. The topological polar surface area (TPSA) is 0 Å². The fourth-order valence-electron chi connectivity index (χ4n) is 2.19. The number of hydrogen-bond donors (Lipinski definition) is 0. The molecule has 1 unspecified atom stereocenters. The van der Waals surface area contributed by atoms with Crippen molar-refractivity contribution >= 4 is 27.5 Å². The highest BCUT2D eigenvalue weighted by atomic mass is 79.9. The Balaban J connectivity index is 2.25. The van der Waals surface area contributed by atoms with Gasteiger partial charge >= 0.3 is 0 Å². The van der Waals surface area contributed by atoms with Crippen molar-refractivity contribution in [1.29, 1.82) is 0 Å². The lowest BCUT2D eigenvalue weighted by Crippen LogP contribution is -1.98. The minimum absolute atomic E-state index is 0.287. The molecule has 0 heterocycles. The molecule has 2 aromatic rings. The van der Waals surface area contributed by atoms with Crippen LogP contribution in [0.4, 0.5) is 4.39 Å². The average molecular weight is 356 g/mol. The van der Waals surface area contributed by atoms with Gasteiger partial charge in [0.05, 0.1) is 9.85 Å². The van der Waals surface area contributed by atoms with E-state index in [1.807, 2.05) is 18.2 Å². The van der Waals surface area contributed by atoms with E-state index in [0.717, 1.165) is 17.5 Å². The first-order valence-electron chi connectivity index (χ1n) is 6.66. The maximum absolute atomic E-state index is 13.6. The number of halogens is 3. The van der Waals surface area contributed by atoms with Gasteiger partial charge < -0.3 is 0 Å². The molecular formula is C17H17BrClF. The van der Waals surface area contributed by atoms with Crippen LogP contribution < -0.4 is 0 Å². The molecule has 0 aliphatic rings. The van der Waals surface area contributed by atoms with Crippen molar-refractivity contribution in [2.24, 2.45) is 5.92 Å². The Labute approximate surface area is 133 Å². The molecule has 0 aromatic heterocycles. The van der Waals surface area contributed by atoms with Crippen LogP contribution in [0.5, 0.6) is 0 Å². The van der Waals surface area contributed by atoms with Gasteiger partial charge in [0.15, 0.2) is 0 Å². The van der Waals surface area contributed by atoms with Crippen molar-refractivity contribution in [2.75, 3.05) is 0 Å². The second kappa shape index (κ2) is 6.73. The summed E-state index contributed by atoms with van der Waals surface area (Å²) in [5, 5.41) is -0.354. The Morgan fingerprint density at radius 1 is 1.10 bits per heavy atom. The van der Waals surface area contributed by atoms with Crippen molar-refractivity contribution in [3.8, 4) is 0 Å². The van der Waals surface area contributed by atoms with Gasteiger partial charge in [-0.2, -0.15) is 0 Å². The lowest BCUT2D eigenvalue weighted by molar-refractivity contribution is 0.618. The second-order valence-electron chi connectivity index (χ2n) is 5.35. The van der Waals surface area contributed by atoms with Crippen LogP contribution in [-0.2, 0) is 6.42 Å². The van der Waals surface area contributed by atoms with E-state index in [0.29, 0.717) is 10.4 Å².